The molecule has 3 heterocycles. The predicted octanol–water partition coefficient (Wildman–Crippen LogP) is 1.39. The minimum absolute atomic E-state index is 0.00845. The van der Waals surface area contributed by atoms with E-state index in [4.69, 9.17) is 14.2 Å². The number of carbonyl (C=O) groups is 1. The smallest absolute Gasteiger partial charge is 0.248 e. The van der Waals surface area contributed by atoms with Gasteiger partial charge in [0.1, 0.15) is 6.61 Å². The van der Waals surface area contributed by atoms with Crippen LogP contribution in [0.25, 0.3) is 0 Å². The second-order valence-electron chi connectivity index (χ2n) is 8.30. The number of likely N-dealkylation sites (N-methyl/N-ethyl adjacent to an activating group) is 1. The van der Waals surface area contributed by atoms with Gasteiger partial charge in [-0.25, -0.2) is 0 Å². The first kappa shape index (κ1) is 19.1. The Morgan fingerprint density at radius 3 is 2.64 bits per heavy atom. The molecule has 3 saturated heterocycles. The third-order valence-corrected chi connectivity index (χ3v) is 6.09. The number of hydrogen-bond acceptors (Lipinski definition) is 5. The van der Waals surface area contributed by atoms with Gasteiger partial charge in [-0.15, -0.1) is 0 Å². The third kappa shape index (κ3) is 5.39. The van der Waals surface area contributed by atoms with Crippen molar-refractivity contribution in [2.45, 2.75) is 38.2 Å². The highest BCUT2D eigenvalue weighted by molar-refractivity contribution is 5.76. The second-order valence-corrected chi connectivity index (χ2v) is 8.30. The molecule has 3 rings (SSSR count). The van der Waals surface area contributed by atoms with Crippen LogP contribution in [0.3, 0.4) is 0 Å². The van der Waals surface area contributed by atoms with Crippen molar-refractivity contribution in [3.8, 4) is 0 Å². The summed E-state index contributed by atoms with van der Waals surface area (Å²) in [4.78, 5) is 15.8. The first-order valence-electron chi connectivity index (χ1n) is 9.76. The maximum absolute atomic E-state index is 11.6. The van der Waals surface area contributed by atoms with E-state index >= 15 is 0 Å². The lowest BCUT2D eigenvalue weighted by Gasteiger charge is -2.40. The highest BCUT2D eigenvalue weighted by atomic mass is 16.5. The van der Waals surface area contributed by atoms with Crippen molar-refractivity contribution in [3.63, 3.8) is 0 Å². The molecule has 3 fully saturated rings. The Bertz CT molecular complexity index is 429. The Balaban J connectivity index is 1.35. The van der Waals surface area contributed by atoms with Gasteiger partial charge < -0.3 is 24.0 Å². The minimum Gasteiger partial charge on any atom is -0.381 e. The molecule has 6 nitrogen and oxygen atoms in total. The van der Waals surface area contributed by atoms with Crippen molar-refractivity contribution in [2.75, 3.05) is 66.8 Å². The zero-order chi connectivity index (χ0) is 17.7. The van der Waals surface area contributed by atoms with Crippen molar-refractivity contribution in [1.29, 1.82) is 0 Å². The quantitative estimate of drug-likeness (QED) is 0.721. The van der Waals surface area contributed by atoms with Crippen LogP contribution in [0.5, 0.6) is 0 Å². The number of ether oxygens (including phenoxy) is 3. The van der Waals surface area contributed by atoms with Crippen LogP contribution in [0.1, 0.15) is 32.1 Å². The number of likely N-dealkylation sites (tertiary alicyclic amines) is 1. The summed E-state index contributed by atoms with van der Waals surface area (Å²) in [6.07, 6.45) is 6.11. The molecule has 3 aliphatic rings. The number of rotatable bonds is 6. The van der Waals surface area contributed by atoms with Crippen LogP contribution in [-0.2, 0) is 19.0 Å². The van der Waals surface area contributed by atoms with Crippen LogP contribution in [0.4, 0.5) is 0 Å². The lowest BCUT2D eigenvalue weighted by Crippen LogP contribution is -2.43. The monoisotopic (exact) mass is 354 g/mol. The molecule has 0 aromatic heterocycles. The lowest BCUT2D eigenvalue weighted by atomic mass is 9.76. The van der Waals surface area contributed by atoms with Gasteiger partial charge in [-0.1, -0.05) is 0 Å². The topological polar surface area (TPSA) is 51.2 Å². The van der Waals surface area contributed by atoms with Crippen LogP contribution < -0.4 is 0 Å². The Morgan fingerprint density at radius 2 is 1.96 bits per heavy atom. The highest BCUT2D eigenvalue weighted by Crippen LogP contribution is 2.42. The Labute approximate surface area is 151 Å². The highest BCUT2D eigenvalue weighted by Gasteiger charge is 2.42. The van der Waals surface area contributed by atoms with Crippen molar-refractivity contribution in [1.82, 2.24) is 9.80 Å². The molecule has 0 aromatic rings. The molecule has 25 heavy (non-hydrogen) atoms. The van der Waals surface area contributed by atoms with Crippen molar-refractivity contribution in [2.24, 2.45) is 11.3 Å². The second kappa shape index (κ2) is 8.80. The van der Waals surface area contributed by atoms with E-state index in [9.17, 15) is 4.79 Å². The maximum Gasteiger partial charge on any atom is 0.248 e. The summed E-state index contributed by atoms with van der Waals surface area (Å²) in [6.45, 7) is 7.03. The zero-order valence-corrected chi connectivity index (χ0v) is 15.9. The molecule has 0 N–H and O–H groups in total. The van der Waals surface area contributed by atoms with Crippen LogP contribution in [0.15, 0.2) is 0 Å². The SMILES string of the molecule is CN(C)C(=O)COCC1CC2(CCN(CC3CCOCC3)CC2)CO1. The molecular weight excluding hydrogens is 320 g/mol. The number of piperidine rings is 1. The van der Waals surface area contributed by atoms with Crippen molar-refractivity contribution >= 4 is 5.91 Å². The largest absolute Gasteiger partial charge is 0.381 e. The standard InChI is InChI=1S/C19H34N2O4/c1-20(2)18(22)14-24-13-17-11-19(15-25-17)5-7-21(8-6-19)12-16-3-9-23-10-4-16/h16-17H,3-15H2,1-2H3. The molecule has 144 valence electrons. The van der Waals surface area contributed by atoms with Crippen LogP contribution in [0.2, 0.25) is 0 Å². The average molecular weight is 354 g/mol. The van der Waals surface area contributed by atoms with Gasteiger partial charge in [-0.05, 0) is 56.5 Å². The van der Waals surface area contributed by atoms with Gasteiger partial charge in [-0.3, -0.25) is 4.79 Å². The summed E-state index contributed by atoms with van der Waals surface area (Å²) in [6, 6.07) is 0. The molecule has 1 spiro atoms. The van der Waals surface area contributed by atoms with E-state index in [1.807, 2.05) is 0 Å². The third-order valence-electron chi connectivity index (χ3n) is 6.09. The summed E-state index contributed by atoms with van der Waals surface area (Å²) in [5.41, 5.74) is 0.339. The fourth-order valence-corrected chi connectivity index (χ4v) is 4.26. The summed E-state index contributed by atoms with van der Waals surface area (Å²) in [5, 5.41) is 0. The molecule has 1 unspecified atom stereocenters. The van der Waals surface area contributed by atoms with Crippen molar-refractivity contribution < 1.29 is 19.0 Å². The van der Waals surface area contributed by atoms with Gasteiger partial charge in [0.25, 0.3) is 0 Å². The van der Waals surface area contributed by atoms with E-state index in [0.717, 1.165) is 32.2 Å². The Morgan fingerprint density at radius 1 is 1.24 bits per heavy atom. The van der Waals surface area contributed by atoms with E-state index in [1.54, 1.807) is 19.0 Å². The average Bonchev–Trinajstić information content (AvgIpc) is 3.01. The molecule has 0 saturated carbocycles. The molecule has 6 heteroatoms. The molecule has 1 amide bonds. The van der Waals surface area contributed by atoms with Gasteiger partial charge in [0.15, 0.2) is 0 Å². The zero-order valence-electron chi connectivity index (χ0n) is 15.9. The molecule has 0 radical (unpaired) electrons. The van der Waals surface area contributed by atoms with Gasteiger partial charge in [0.2, 0.25) is 5.91 Å². The van der Waals surface area contributed by atoms with E-state index in [-0.39, 0.29) is 18.6 Å². The van der Waals surface area contributed by atoms with Gasteiger partial charge in [0, 0.05) is 33.9 Å². The van der Waals surface area contributed by atoms with Crippen LogP contribution in [0, 0.1) is 11.3 Å². The molecule has 1 atom stereocenters. The van der Waals surface area contributed by atoms with E-state index < -0.39 is 0 Å². The van der Waals surface area contributed by atoms with E-state index in [2.05, 4.69) is 4.90 Å². The van der Waals surface area contributed by atoms with E-state index in [0.29, 0.717) is 12.0 Å². The summed E-state index contributed by atoms with van der Waals surface area (Å²) >= 11 is 0. The fourth-order valence-electron chi connectivity index (χ4n) is 4.26. The van der Waals surface area contributed by atoms with Crippen molar-refractivity contribution in [3.05, 3.63) is 0 Å². The van der Waals surface area contributed by atoms with Crippen LogP contribution >= 0.6 is 0 Å². The number of carbonyl (C=O) groups excluding carboxylic acids is 1. The van der Waals surface area contributed by atoms with Crippen LogP contribution in [-0.4, -0.2) is 88.6 Å². The molecule has 0 aromatic carbocycles. The fraction of sp³-hybridized carbons (Fsp3) is 0.947. The molecule has 0 aliphatic carbocycles. The lowest BCUT2D eigenvalue weighted by molar-refractivity contribution is -0.134. The Kier molecular flexibility index (Phi) is 6.72. The normalized spacial score (nSPS) is 27.7. The van der Waals surface area contributed by atoms with E-state index in [1.165, 1.54) is 45.3 Å². The summed E-state index contributed by atoms with van der Waals surface area (Å²) < 4.78 is 17.0. The summed E-state index contributed by atoms with van der Waals surface area (Å²) in [7, 11) is 3.50. The molecule has 0 bridgehead atoms. The minimum atomic E-state index is 0.00845. The van der Waals surface area contributed by atoms with Gasteiger partial charge >= 0.3 is 0 Å². The Hall–Kier alpha value is -0.690. The number of nitrogens with zero attached hydrogens (tertiary/aromatic N) is 2. The molecule has 3 aliphatic heterocycles. The molecular formula is C19H34N2O4. The maximum atomic E-state index is 11.6. The number of hydrogen-bond donors (Lipinski definition) is 0. The van der Waals surface area contributed by atoms with Gasteiger partial charge in [0.05, 0.1) is 19.3 Å². The number of amides is 1. The summed E-state index contributed by atoms with van der Waals surface area (Å²) in [5.74, 6) is 0.826. The first-order chi connectivity index (χ1) is 12.1. The van der Waals surface area contributed by atoms with Gasteiger partial charge in [-0.2, -0.15) is 0 Å². The first-order valence-corrected chi connectivity index (χ1v) is 9.76. The predicted molar refractivity (Wildman–Crippen MR) is 95.5 cm³/mol.